The highest BCUT2D eigenvalue weighted by atomic mass is 16.5. The molecule has 0 radical (unpaired) electrons. The second kappa shape index (κ2) is 6.38. The smallest absolute Gasteiger partial charge is 0.242 e. The molecule has 6 heteroatoms. The Morgan fingerprint density at radius 3 is 2.70 bits per heavy atom. The van der Waals surface area contributed by atoms with Crippen LogP contribution in [-0.4, -0.2) is 16.6 Å². The standard InChI is InChI=1S/C14H15N5O/c1-2-7-20-14-12(16)13(17-9-18-14)19-11-5-3-10(8-15)4-6-11/h3-6,9H,2,7,16H2,1H3,(H,17,18,19). The number of nitrogen functional groups attached to an aromatic ring is 1. The molecule has 0 fully saturated rings. The van der Waals surface area contributed by atoms with Gasteiger partial charge in [0, 0.05) is 5.69 Å². The van der Waals surface area contributed by atoms with Gasteiger partial charge in [-0.25, -0.2) is 4.98 Å². The average Bonchev–Trinajstić information content (AvgIpc) is 2.49. The lowest BCUT2D eigenvalue weighted by Gasteiger charge is -2.11. The summed E-state index contributed by atoms with van der Waals surface area (Å²) >= 11 is 0. The maximum Gasteiger partial charge on any atom is 0.242 e. The average molecular weight is 269 g/mol. The summed E-state index contributed by atoms with van der Waals surface area (Å²) in [5, 5.41) is 11.8. The SMILES string of the molecule is CCCOc1ncnc(Nc2ccc(C#N)cc2)c1N. The van der Waals surface area contributed by atoms with E-state index in [4.69, 9.17) is 15.7 Å². The molecular formula is C14H15N5O. The Morgan fingerprint density at radius 1 is 1.30 bits per heavy atom. The number of benzene rings is 1. The van der Waals surface area contributed by atoms with Crippen molar-refractivity contribution in [1.82, 2.24) is 9.97 Å². The molecule has 2 rings (SSSR count). The van der Waals surface area contributed by atoms with Gasteiger partial charge in [-0.2, -0.15) is 10.2 Å². The van der Waals surface area contributed by atoms with E-state index in [1.807, 2.05) is 6.92 Å². The molecule has 1 aromatic carbocycles. The van der Waals surface area contributed by atoms with Crippen LogP contribution in [0.2, 0.25) is 0 Å². The molecule has 0 aliphatic heterocycles. The van der Waals surface area contributed by atoms with Crippen LogP contribution in [0.15, 0.2) is 30.6 Å². The van der Waals surface area contributed by atoms with Crippen molar-refractivity contribution in [3.05, 3.63) is 36.2 Å². The fourth-order valence-corrected chi connectivity index (χ4v) is 1.56. The Hall–Kier alpha value is -2.81. The number of rotatable bonds is 5. The topological polar surface area (TPSA) is 96.9 Å². The van der Waals surface area contributed by atoms with Crippen molar-refractivity contribution in [2.45, 2.75) is 13.3 Å². The predicted octanol–water partition coefficient (Wildman–Crippen LogP) is 2.46. The summed E-state index contributed by atoms with van der Waals surface area (Å²) in [6.07, 6.45) is 2.27. The van der Waals surface area contributed by atoms with Gasteiger partial charge in [0.25, 0.3) is 0 Å². The van der Waals surface area contributed by atoms with Crippen molar-refractivity contribution >= 4 is 17.2 Å². The molecule has 0 amide bonds. The zero-order valence-corrected chi connectivity index (χ0v) is 11.1. The zero-order valence-electron chi connectivity index (χ0n) is 11.1. The summed E-state index contributed by atoms with van der Waals surface area (Å²) in [5.74, 6) is 0.855. The number of nitrogens with zero attached hydrogens (tertiary/aromatic N) is 3. The second-order valence-corrected chi connectivity index (χ2v) is 4.10. The molecule has 0 atom stereocenters. The van der Waals surface area contributed by atoms with E-state index in [0.29, 0.717) is 29.6 Å². The van der Waals surface area contributed by atoms with Crippen molar-refractivity contribution in [3.63, 3.8) is 0 Å². The number of aromatic nitrogens is 2. The zero-order chi connectivity index (χ0) is 14.4. The van der Waals surface area contributed by atoms with Crippen LogP contribution in [0.25, 0.3) is 0 Å². The molecular weight excluding hydrogens is 254 g/mol. The van der Waals surface area contributed by atoms with Crippen LogP contribution in [0.4, 0.5) is 17.2 Å². The minimum atomic E-state index is 0.366. The van der Waals surface area contributed by atoms with E-state index in [2.05, 4.69) is 21.4 Å². The summed E-state index contributed by atoms with van der Waals surface area (Å²) in [7, 11) is 0. The van der Waals surface area contributed by atoms with Crippen LogP contribution in [-0.2, 0) is 0 Å². The molecule has 0 saturated heterocycles. The molecule has 6 nitrogen and oxygen atoms in total. The highest BCUT2D eigenvalue weighted by Crippen LogP contribution is 2.27. The van der Waals surface area contributed by atoms with Gasteiger partial charge in [-0.05, 0) is 30.7 Å². The van der Waals surface area contributed by atoms with Gasteiger partial charge in [-0.15, -0.1) is 0 Å². The normalized spacial score (nSPS) is 9.80. The van der Waals surface area contributed by atoms with E-state index < -0.39 is 0 Å². The third kappa shape index (κ3) is 3.14. The van der Waals surface area contributed by atoms with Gasteiger partial charge in [0.1, 0.15) is 12.0 Å². The van der Waals surface area contributed by atoms with Crippen LogP contribution in [0, 0.1) is 11.3 Å². The molecule has 1 heterocycles. The predicted molar refractivity (Wildman–Crippen MR) is 76.7 cm³/mol. The lowest BCUT2D eigenvalue weighted by atomic mass is 10.2. The van der Waals surface area contributed by atoms with E-state index in [9.17, 15) is 0 Å². The van der Waals surface area contributed by atoms with Crippen molar-refractivity contribution in [2.75, 3.05) is 17.7 Å². The number of nitrogens with one attached hydrogen (secondary N) is 1. The number of nitriles is 1. The van der Waals surface area contributed by atoms with Gasteiger partial charge in [-0.3, -0.25) is 0 Å². The lowest BCUT2D eigenvalue weighted by Crippen LogP contribution is -2.05. The van der Waals surface area contributed by atoms with Crippen LogP contribution in [0.5, 0.6) is 5.88 Å². The summed E-state index contributed by atoms with van der Waals surface area (Å²) in [6.45, 7) is 2.56. The maximum atomic E-state index is 8.75. The van der Waals surface area contributed by atoms with Crippen molar-refractivity contribution in [2.24, 2.45) is 0 Å². The fraction of sp³-hybridized carbons (Fsp3) is 0.214. The summed E-state index contributed by atoms with van der Waals surface area (Å²) in [4.78, 5) is 8.10. The molecule has 0 bridgehead atoms. The van der Waals surface area contributed by atoms with Gasteiger partial charge in [-0.1, -0.05) is 6.92 Å². The first-order chi connectivity index (χ1) is 9.74. The molecule has 1 aromatic heterocycles. The van der Waals surface area contributed by atoms with Gasteiger partial charge in [0.05, 0.1) is 18.2 Å². The summed E-state index contributed by atoms with van der Waals surface area (Å²) in [6, 6.07) is 9.07. The summed E-state index contributed by atoms with van der Waals surface area (Å²) in [5.41, 5.74) is 7.71. The first-order valence-electron chi connectivity index (χ1n) is 6.25. The van der Waals surface area contributed by atoms with Crippen molar-refractivity contribution < 1.29 is 4.74 Å². The van der Waals surface area contributed by atoms with Gasteiger partial charge in [0.2, 0.25) is 5.88 Å². The number of ether oxygens (including phenoxy) is 1. The Morgan fingerprint density at radius 2 is 2.05 bits per heavy atom. The Balaban J connectivity index is 2.18. The largest absolute Gasteiger partial charge is 0.476 e. The highest BCUT2D eigenvalue weighted by molar-refractivity contribution is 5.72. The second-order valence-electron chi connectivity index (χ2n) is 4.10. The minimum Gasteiger partial charge on any atom is -0.476 e. The molecule has 102 valence electrons. The first-order valence-corrected chi connectivity index (χ1v) is 6.25. The number of anilines is 3. The van der Waals surface area contributed by atoms with Gasteiger partial charge in [0.15, 0.2) is 5.82 Å². The molecule has 0 aliphatic rings. The maximum absolute atomic E-state index is 8.75. The van der Waals surface area contributed by atoms with E-state index >= 15 is 0 Å². The quantitative estimate of drug-likeness (QED) is 0.865. The molecule has 0 unspecified atom stereocenters. The third-order valence-corrected chi connectivity index (χ3v) is 2.57. The third-order valence-electron chi connectivity index (χ3n) is 2.57. The Kier molecular flexibility index (Phi) is 4.35. The molecule has 0 aliphatic carbocycles. The van der Waals surface area contributed by atoms with Gasteiger partial charge < -0.3 is 15.8 Å². The van der Waals surface area contributed by atoms with Crippen molar-refractivity contribution in [1.29, 1.82) is 5.26 Å². The van der Waals surface area contributed by atoms with Crippen LogP contribution in [0.1, 0.15) is 18.9 Å². The van der Waals surface area contributed by atoms with Crippen LogP contribution < -0.4 is 15.8 Å². The summed E-state index contributed by atoms with van der Waals surface area (Å²) < 4.78 is 5.44. The van der Waals surface area contributed by atoms with E-state index in [-0.39, 0.29) is 0 Å². The van der Waals surface area contributed by atoms with Crippen molar-refractivity contribution in [3.8, 4) is 11.9 Å². The first kappa shape index (κ1) is 13.6. The number of hydrogen-bond acceptors (Lipinski definition) is 6. The highest BCUT2D eigenvalue weighted by Gasteiger charge is 2.09. The minimum absolute atomic E-state index is 0.366. The number of nitrogens with two attached hydrogens (primary N) is 1. The molecule has 0 saturated carbocycles. The molecule has 2 aromatic rings. The Labute approximate surface area is 117 Å². The van der Waals surface area contributed by atoms with E-state index in [0.717, 1.165) is 12.1 Å². The lowest BCUT2D eigenvalue weighted by molar-refractivity contribution is 0.307. The van der Waals surface area contributed by atoms with Crippen LogP contribution in [0.3, 0.4) is 0 Å². The van der Waals surface area contributed by atoms with Crippen LogP contribution >= 0.6 is 0 Å². The molecule has 3 N–H and O–H groups in total. The number of hydrogen-bond donors (Lipinski definition) is 2. The Bertz CT molecular complexity index is 618. The molecule has 0 spiro atoms. The fourth-order valence-electron chi connectivity index (χ4n) is 1.56. The van der Waals surface area contributed by atoms with Gasteiger partial charge >= 0.3 is 0 Å². The molecule has 20 heavy (non-hydrogen) atoms. The van der Waals surface area contributed by atoms with E-state index in [1.165, 1.54) is 6.33 Å². The monoisotopic (exact) mass is 269 g/mol. The van der Waals surface area contributed by atoms with E-state index in [1.54, 1.807) is 24.3 Å².